The van der Waals surface area contributed by atoms with Crippen molar-refractivity contribution < 1.29 is 10.0 Å². The minimum Gasteiger partial charge on any atom is -0.394 e. The van der Waals surface area contributed by atoms with E-state index in [-0.39, 0.29) is 12.3 Å². The number of aliphatic hydroxyl groups excluding tert-OH is 1. The maximum atomic E-state index is 11.0. The number of hydrogen-bond donors (Lipinski definition) is 2. The van der Waals surface area contributed by atoms with Crippen LogP contribution in [0.15, 0.2) is 18.2 Å². The molecule has 104 valence electrons. The Morgan fingerprint density at radius 3 is 2.63 bits per heavy atom. The van der Waals surface area contributed by atoms with Crippen molar-refractivity contribution in [2.45, 2.75) is 37.6 Å². The Morgan fingerprint density at radius 1 is 1.37 bits per heavy atom. The van der Waals surface area contributed by atoms with Gasteiger partial charge in [0, 0.05) is 11.1 Å². The number of nitro benzene ring substituents is 1. The minimum absolute atomic E-state index is 0.0113. The zero-order valence-corrected chi connectivity index (χ0v) is 11.3. The Balaban J connectivity index is 2.30. The van der Waals surface area contributed by atoms with Crippen LogP contribution in [0.2, 0.25) is 5.02 Å². The summed E-state index contributed by atoms with van der Waals surface area (Å²) in [5, 5.41) is 24.3. The van der Waals surface area contributed by atoms with Gasteiger partial charge in [0.2, 0.25) is 0 Å². The van der Waals surface area contributed by atoms with Gasteiger partial charge in [-0.15, -0.1) is 0 Å². The smallest absolute Gasteiger partial charge is 0.292 e. The molecule has 0 atom stereocenters. The quantitative estimate of drug-likeness (QED) is 0.657. The van der Waals surface area contributed by atoms with E-state index >= 15 is 0 Å². The van der Waals surface area contributed by atoms with E-state index in [1.54, 1.807) is 6.07 Å². The average molecular weight is 285 g/mol. The molecular formula is C13H17ClN2O3. The molecule has 1 aromatic carbocycles. The lowest BCUT2D eigenvalue weighted by Crippen LogP contribution is -2.44. The molecule has 6 heteroatoms. The summed E-state index contributed by atoms with van der Waals surface area (Å²) in [7, 11) is 0. The van der Waals surface area contributed by atoms with Gasteiger partial charge in [-0.1, -0.05) is 30.9 Å². The molecular weight excluding hydrogens is 268 g/mol. The van der Waals surface area contributed by atoms with E-state index in [1.807, 2.05) is 0 Å². The number of aliphatic hydroxyl groups is 1. The van der Waals surface area contributed by atoms with Gasteiger partial charge in [-0.3, -0.25) is 10.1 Å². The summed E-state index contributed by atoms with van der Waals surface area (Å²) >= 11 is 5.90. The molecule has 0 amide bonds. The van der Waals surface area contributed by atoms with E-state index in [0.29, 0.717) is 10.7 Å². The highest BCUT2D eigenvalue weighted by molar-refractivity contribution is 6.31. The Hall–Kier alpha value is -1.33. The molecule has 0 saturated heterocycles. The molecule has 0 unspecified atom stereocenters. The number of nitro groups is 1. The van der Waals surface area contributed by atoms with Crippen LogP contribution in [0.5, 0.6) is 0 Å². The standard InChI is InChI=1S/C13H17ClN2O3/c14-10-4-5-12(16(18)19)11(8-10)15-13(9-17)6-2-1-3-7-13/h4-5,8,15,17H,1-3,6-7,9H2. The van der Waals surface area contributed by atoms with E-state index in [9.17, 15) is 15.2 Å². The normalized spacial score (nSPS) is 18.0. The number of nitrogens with zero attached hydrogens (tertiary/aromatic N) is 1. The Kier molecular flexibility index (Phi) is 4.27. The molecule has 0 heterocycles. The molecule has 1 saturated carbocycles. The van der Waals surface area contributed by atoms with Crippen molar-refractivity contribution >= 4 is 23.0 Å². The summed E-state index contributed by atoms with van der Waals surface area (Å²) in [5.74, 6) is 0. The van der Waals surface area contributed by atoms with Crippen LogP contribution >= 0.6 is 11.6 Å². The fourth-order valence-electron chi connectivity index (χ4n) is 2.60. The van der Waals surface area contributed by atoms with Crippen LogP contribution in [0.1, 0.15) is 32.1 Å². The van der Waals surface area contributed by atoms with Crippen molar-refractivity contribution in [3.05, 3.63) is 33.3 Å². The maximum absolute atomic E-state index is 11.0. The van der Waals surface area contributed by atoms with Gasteiger partial charge in [0.1, 0.15) is 5.69 Å². The molecule has 0 aliphatic heterocycles. The number of nitrogens with one attached hydrogen (secondary N) is 1. The predicted octanol–water partition coefficient (Wildman–Crippen LogP) is 3.36. The van der Waals surface area contributed by atoms with Crippen molar-refractivity contribution in [3.63, 3.8) is 0 Å². The van der Waals surface area contributed by atoms with Gasteiger partial charge >= 0.3 is 0 Å². The fourth-order valence-corrected chi connectivity index (χ4v) is 2.78. The summed E-state index contributed by atoms with van der Waals surface area (Å²) in [6.07, 6.45) is 4.80. The van der Waals surface area contributed by atoms with Crippen LogP contribution in [-0.2, 0) is 0 Å². The SMILES string of the molecule is O=[N+]([O-])c1ccc(Cl)cc1NC1(CO)CCCCC1. The molecule has 1 aliphatic carbocycles. The lowest BCUT2D eigenvalue weighted by Gasteiger charge is -2.37. The first-order chi connectivity index (χ1) is 9.06. The van der Waals surface area contributed by atoms with E-state index in [0.717, 1.165) is 32.1 Å². The fraction of sp³-hybridized carbons (Fsp3) is 0.538. The largest absolute Gasteiger partial charge is 0.394 e. The molecule has 2 N–H and O–H groups in total. The van der Waals surface area contributed by atoms with E-state index in [4.69, 9.17) is 11.6 Å². The summed E-state index contributed by atoms with van der Waals surface area (Å²) in [4.78, 5) is 10.6. The Bertz CT molecular complexity index is 473. The van der Waals surface area contributed by atoms with Crippen molar-refractivity contribution in [3.8, 4) is 0 Å². The highest BCUT2D eigenvalue weighted by atomic mass is 35.5. The number of benzene rings is 1. The summed E-state index contributed by atoms with van der Waals surface area (Å²) in [5.41, 5.74) is -0.0931. The van der Waals surface area contributed by atoms with Gasteiger partial charge in [-0.2, -0.15) is 0 Å². The molecule has 1 aromatic rings. The molecule has 0 aromatic heterocycles. The monoisotopic (exact) mass is 284 g/mol. The van der Waals surface area contributed by atoms with Gasteiger partial charge in [-0.05, 0) is 25.0 Å². The third-order valence-electron chi connectivity index (χ3n) is 3.67. The van der Waals surface area contributed by atoms with E-state index < -0.39 is 10.5 Å². The first-order valence-corrected chi connectivity index (χ1v) is 6.77. The number of halogens is 1. The van der Waals surface area contributed by atoms with Gasteiger partial charge in [0.05, 0.1) is 17.1 Å². The van der Waals surface area contributed by atoms with Crippen LogP contribution < -0.4 is 5.32 Å². The van der Waals surface area contributed by atoms with Crippen molar-refractivity contribution in [2.75, 3.05) is 11.9 Å². The highest BCUT2D eigenvalue weighted by Crippen LogP contribution is 2.35. The zero-order chi connectivity index (χ0) is 13.9. The van der Waals surface area contributed by atoms with Crippen LogP contribution in [0.25, 0.3) is 0 Å². The number of hydrogen-bond acceptors (Lipinski definition) is 4. The van der Waals surface area contributed by atoms with Crippen molar-refractivity contribution in [2.24, 2.45) is 0 Å². The van der Waals surface area contributed by atoms with Crippen LogP contribution in [0, 0.1) is 10.1 Å². The van der Waals surface area contributed by atoms with Crippen LogP contribution in [0.3, 0.4) is 0 Å². The molecule has 0 radical (unpaired) electrons. The molecule has 1 fully saturated rings. The molecule has 19 heavy (non-hydrogen) atoms. The summed E-state index contributed by atoms with van der Waals surface area (Å²) < 4.78 is 0. The van der Waals surface area contributed by atoms with E-state index in [1.165, 1.54) is 12.1 Å². The second-order valence-corrected chi connectivity index (χ2v) is 5.48. The molecule has 1 aliphatic rings. The lowest BCUT2D eigenvalue weighted by molar-refractivity contribution is -0.384. The molecule has 0 bridgehead atoms. The van der Waals surface area contributed by atoms with Crippen LogP contribution in [-0.4, -0.2) is 22.2 Å². The number of rotatable bonds is 4. The first kappa shape index (κ1) is 14.1. The average Bonchev–Trinajstić information content (AvgIpc) is 2.39. The third kappa shape index (κ3) is 3.16. The summed E-state index contributed by atoms with van der Waals surface area (Å²) in [6.45, 7) is -0.0311. The highest BCUT2D eigenvalue weighted by Gasteiger charge is 2.33. The topological polar surface area (TPSA) is 75.4 Å². The van der Waals surface area contributed by atoms with E-state index in [2.05, 4.69) is 5.32 Å². The molecule has 5 nitrogen and oxygen atoms in total. The van der Waals surface area contributed by atoms with Crippen molar-refractivity contribution in [1.29, 1.82) is 0 Å². The maximum Gasteiger partial charge on any atom is 0.292 e. The van der Waals surface area contributed by atoms with Gasteiger partial charge in [0.25, 0.3) is 5.69 Å². The second-order valence-electron chi connectivity index (χ2n) is 5.04. The van der Waals surface area contributed by atoms with Crippen molar-refractivity contribution in [1.82, 2.24) is 0 Å². The van der Waals surface area contributed by atoms with Crippen LogP contribution in [0.4, 0.5) is 11.4 Å². The second kappa shape index (κ2) is 5.75. The Labute approximate surface area is 116 Å². The number of anilines is 1. The predicted molar refractivity (Wildman–Crippen MR) is 74.6 cm³/mol. The van der Waals surface area contributed by atoms with Gasteiger partial charge in [-0.25, -0.2) is 0 Å². The molecule has 2 rings (SSSR count). The lowest BCUT2D eigenvalue weighted by atomic mass is 9.82. The van der Waals surface area contributed by atoms with Gasteiger partial charge in [0.15, 0.2) is 0 Å². The minimum atomic E-state index is -0.465. The molecule has 0 spiro atoms. The summed E-state index contributed by atoms with van der Waals surface area (Å²) in [6, 6.07) is 4.43. The zero-order valence-electron chi connectivity index (χ0n) is 10.6. The Morgan fingerprint density at radius 2 is 2.05 bits per heavy atom. The van der Waals surface area contributed by atoms with Gasteiger partial charge < -0.3 is 10.4 Å². The first-order valence-electron chi connectivity index (χ1n) is 6.39. The third-order valence-corrected chi connectivity index (χ3v) is 3.90.